The van der Waals surface area contributed by atoms with Gasteiger partial charge in [-0.3, -0.25) is 9.59 Å². The Morgan fingerprint density at radius 1 is 0.441 bits per heavy atom. The van der Waals surface area contributed by atoms with Crippen LogP contribution in [0.4, 0.5) is 0 Å². The summed E-state index contributed by atoms with van der Waals surface area (Å²) in [5.74, 6) is -0.564. The van der Waals surface area contributed by atoms with Crippen LogP contribution in [0.25, 0.3) is 0 Å². The summed E-state index contributed by atoms with van der Waals surface area (Å²) in [5, 5.41) is 23.9. The Labute approximate surface area is 421 Å². The van der Waals surface area contributed by atoms with E-state index in [2.05, 4.69) is 92.9 Å². The molecule has 0 rings (SSSR count). The third kappa shape index (κ3) is 49.7. The van der Waals surface area contributed by atoms with Gasteiger partial charge in [-0.2, -0.15) is 0 Å². The van der Waals surface area contributed by atoms with Gasteiger partial charge >= 0.3 is 5.97 Å². The third-order valence-electron chi connectivity index (χ3n) is 13.1. The predicted molar refractivity (Wildman–Crippen MR) is 296 cm³/mol. The van der Waals surface area contributed by atoms with Crippen molar-refractivity contribution < 1.29 is 24.5 Å². The number of hydrogen-bond donors (Lipinski definition) is 3. The first kappa shape index (κ1) is 65.3. The van der Waals surface area contributed by atoms with Crippen molar-refractivity contribution in [3.05, 3.63) is 72.9 Å². The molecule has 1 amide bonds. The molecular weight excluding hydrogens is 839 g/mol. The zero-order chi connectivity index (χ0) is 49.5. The predicted octanol–water partition coefficient (Wildman–Crippen LogP) is 18.1. The lowest BCUT2D eigenvalue weighted by Crippen LogP contribution is -2.46. The number of amides is 1. The Hall–Kier alpha value is -2.70. The maximum atomic E-state index is 13.3. The molecule has 0 spiro atoms. The van der Waals surface area contributed by atoms with Crippen molar-refractivity contribution in [3.63, 3.8) is 0 Å². The molecule has 0 aliphatic carbocycles. The van der Waals surface area contributed by atoms with E-state index in [0.717, 1.165) is 77.0 Å². The summed E-state index contributed by atoms with van der Waals surface area (Å²) in [6.07, 6.45) is 71.2. The molecule has 6 heteroatoms. The number of hydrogen-bond acceptors (Lipinski definition) is 5. The molecule has 0 aliphatic rings. The fourth-order valence-electron chi connectivity index (χ4n) is 8.69. The van der Waals surface area contributed by atoms with Crippen LogP contribution in [0.1, 0.15) is 284 Å². The van der Waals surface area contributed by atoms with Gasteiger partial charge in [0.1, 0.15) is 6.10 Å². The molecule has 3 atom stereocenters. The van der Waals surface area contributed by atoms with Crippen LogP contribution in [-0.2, 0) is 14.3 Å². The van der Waals surface area contributed by atoms with E-state index in [9.17, 15) is 19.8 Å². The third-order valence-corrected chi connectivity index (χ3v) is 13.1. The smallest absolute Gasteiger partial charge is 0.306 e. The first-order valence-electron chi connectivity index (χ1n) is 29.2. The summed E-state index contributed by atoms with van der Waals surface area (Å²) in [7, 11) is 0. The molecular formula is C62H111NO5. The van der Waals surface area contributed by atoms with Crippen LogP contribution in [-0.4, -0.2) is 46.9 Å². The van der Waals surface area contributed by atoms with Gasteiger partial charge in [0, 0.05) is 6.42 Å². The summed E-state index contributed by atoms with van der Waals surface area (Å²) in [6, 6.07) is -0.718. The topological polar surface area (TPSA) is 95.9 Å². The Morgan fingerprint density at radius 2 is 0.765 bits per heavy atom. The Balaban J connectivity index is 4.66. The standard InChI is InChI=1S/C62H111NO5/c1-4-7-10-13-16-19-22-25-28-30-31-32-34-37-40-43-46-49-52-55-62(67)68-58(53-50-47-44-41-38-35-33-29-26-23-20-17-14-11-8-5-2)56-61(66)63-59(57-64)60(65)54-51-48-45-42-39-36-27-24-21-18-15-12-9-6-3/h7,10,16,19,25,28,31-32,37,40,46,49,58-60,64-65H,4-6,8-9,11-15,17-18,20-24,26-27,29-30,33-36,38-39,41-45,47-48,50-57H2,1-3H3,(H,63,66)/b10-7-,19-16-,28-25-,32-31-,40-37-,49-46-. The largest absolute Gasteiger partial charge is 0.462 e. The first-order chi connectivity index (χ1) is 33.5. The number of carbonyl (C=O) groups is 2. The SMILES string of the molecule is CC/C=C\C/C=C\C/C=C\C/C=C\C/C=C\C/C=C\CCC(=O)OC(CCCCCCCCCCCCCCCCCC)CC(=O)NC(CO)C(O)CCCCCCCCCCCCCCCC. The average molecular weight is 951 g/mol. The molecule has 0 radical (unpaired) electrons. The first-order valence-corrected chi connectivity index (χ1v) is 29.2. The summed E-state index contributed by atoms with van der Waals surface area (Å²) in [4.78, 5) is 26.3. The van der Waals surface area contributed by atoms with Crippen LogP contribution in [0, 0.1) is 0 Å². The maximum Gasteiger partial charge on any atom is 0.306 e. The second-order valence-electron chi connectivity index (χ2n) is 19.7. The number of esters is 1. The molecule has 0 fully saturated rings. The van der Waals surface area contributed by atoms with Gasteiger partial charge < -0.3 is 20.3 Å². The van der Waals surface area contributed by atoms with E-state index in [-0.39, 0.29) is 31.3 Å². The van der Waals surface area contributed by atoms with Gasteiger partial charge in [0.2, 0.25) is 5.91 Å². The van der Waals surface area contributed by atoms with E-state index in [1.807, 2.05) is 6.08 Å². The van der Waals surface area contributed by atoms with E-state index >= 15 is 0 Å². The molecule has 0 bridgehead atoms. The minimum absolute atomic E-state index is 0.0481. The van der Waals surface area contributed by atoms with Crippen LogP contribution in [0.5, 0.6) is 0 Å². The number of unbranched alkanes of at least 4 members (excludes halogenated alkanes) is 28. The summed E-state index contributed by atoms with van der Waals surface area (Å²) < 4.78 is 5.92. The molecule has 68 heavy (non-hydrogen) atoms. The van der Waals surface area contributed by atoms with E-state index in [1.165, 1.54) is 154 Å². The van der Waals surface area contributed by atoms with E-state index in [4.69, 9.17) is 4.74 Å². The lowest BCUT2D eigenvalue weighted by atomic mass is 10.0. The highest BCUT2D eigenvalue weighted by Crippen LogP contribution is 2.18. The Bertz CT molecular complexity index is 1250. The number of aliphatic hydroxyl groups excluding tert-OH is 2. The zero-order valence-electron chi connectivity index (χ0n) is 45.0. The average Bonchev–Trinajstić information content (AvgIpc) is 3.33. The highest BCUT2D eigenvalue weighted by atomic mass is 16.5. The minimum atomic E-state index is -0.802. The molecule has 0 saturated carbocycles. The molecule has 394 valence electrons. The number of rotatable bonds is 52. The highest BCUT2D eigenvalue weighted by Gasteiger charge is 2.24. The molecule has 3 N–H and O–H groups in total. The maximum absolute atomic E-state index is 13.3. The number of ether oxygens (including phenoxy) is 1. The van der Waals surface area contributed by atoms with Crippen LogP contribution >= 0.6 is 0 Å². The van der Waals surface area contributed by atoms with Gasteiger partial charge in [-0.1, -0.05) is 280 Å². The zero-order valence-corrected chi connectivity index (χ0v) is 45.0. The molecule has 3 unspecified atom stereocenters. The number of nitrogens with one attached hydrogen (secondary N) is 1. The van der Waals surface area contributed by atoms with E-state index < -0.39 is 18.2 Å². The molecule has 0 aromatic carbocycles. The molecule has 0 saturated heterocycles. The normalized spacial score (nSPS) is 13.7. The van der Waals surface area contributed by atoms with Crippen molar-refractivity contribution >= 4 is 11.9 Å². The Kier molecular flexibility index (Phi) is 53.0. The molecule has 0 heterocycles. The lowest BCUT2D eigenvalue weighted by Gasteiger charge is -2.24. The molecule has 0 aliphatic heterocycles. The van der Waals surface area contributed by atoms with Gasteiger partial charge in [0.25, 0.3) is 0 Å². The monoisotopic (exact) mass is 950 g/mol. The summed E-state index contributed by atoms with van der Waals surface area (Å²) in [5.41, 5.74) is 0. The second-order valence-corrected chi connectivity index (χ2v) is 19.7. The summed E-state index contributed by atoms with van der Waals surface area (Å²) >= 11 is 0. The van der Waals surface area contributed by atoms with Gasteiger partial charge in [0.15, 0.2) is 0 Å². The molecule has 0 aromatic rings. The van der Waals surface area contributed by atoms with Gasteiger partial charge in [-0.05, 0) is 64.2 Å². The van der Waals surface area contributed by atoms with Crippen LogP contribution < -0.4 is 5.32 Å². The van der Waals surface area contributed by atoms with Crippen molar-refractivity contribution in [3.8, 4) is 0 Å². The molecule has 0 aromatic heterocycles. The van der Waals surface area contributed by atoms with Crippen molar-refractivity contribution in [2.75, 3.05) is 6.61 Å². The fourth-order valence-corrected chi connectivity index (χ4v) is 8.69. The quantitative estimate of drug-likeness (QED) is 0.0321. The minimum Gasteiger partial charge on any atom is -0.462 e. The van der Waals surface area contributed by atoms with Gasteiger partial charge in [-0.15, -0.1) is 0 Å². The van der Waals surface area contributed by atoms with Crippen molar-refractivity contribution in [1.82, 2.24) is 5.32 Å². The van der Waals surface area contributed by atoms with Crippen molar-refractivity contribution in [2.45, 2.75) is 302 Å². The number of allylic oxidation sites excluding steroid dienone is 12. The summed E-state index contributed by atoms with van der Waals surface area (Å²) in [6.45, 7) is 6.38. The van der Waals surface area contributed by atoms with Crippen LogP contribution in [0.2, 0.25) is 0 Å². The number of aliphatic hydroxyl groups is 2. The highest BCUT2D eigenvalue weighted by molar-refractivity contribution is 5.77. The molecule has 6 nitrogen and oxygen atoms in total. The van der Waals surface area contributed by atoms with Crippen LogP contribution in [0.15, 0.2) is 72.9 Å². The van der Waals surface area contributed by atoms with Crippen molar-refractivity contribution in [2.24, 2.45) is 0 Å². The fraction of sp³-hybridized carbons (Fsp3) is 0.774. The van der Waals surface area contributed by atoms with Gasteiger partial charge in [-0.25, -0.2) is 0 Å². The lowest BCUT2D eigenvalue weighted by molar-refractivity contribution is -0.150. The Morgan fingerprint density at radius 3 is 1.12 bits per heavy atom. The van der Waals surface area contributed by atoms with Crippen LogP contribution in [0.3, 0.4) is 0 Å². The van der Waals surface area contributed by atoms with Crippen molar-refractivity contribution in [1.29, 1.82) is 0 Å². The second kappa shape index (κ2) is 55.2. The van der Waals surface area contributed by atoms with E-state index in [1.54, 1.807) is 0 Å². The number of carbonyl (C=O) groups excluding carboxylic acids is 2. The van der Waals surface area contributed by atoms with E-state index in [0.29, 0.717) is 19.3 Å². The van der Waals surface area contributed by atoms with Gasteiger partial charge in [0.05, 0.1) is 25.2 Å².